The molecule has 0 spiro atoms. The Kier molecular flexibility index (Phi) is 8.18. The van der Waals surface area contributed by atoms with Crippen molar-refractivity contribution in [2.24, 2.45) is 5.92 Å². The fourth-order valence-electron chi connectivity index (χ4n) is 2.30. The first-order chi connectivity index (χ1) is 12.3. The van der Waals surface area contributed by atoms with Crippen molar-refractivity contribution in [2.45, 2.75) is 31.7 Å². The maximum atomic E-state index is 13.0. The Morgan fingerprint density at radius 1 is 1.27 bits per heavy atom. The molecule has 1 aromatic carbocycles. The monoisotopic (exact) mass is 377 g/mol. The maximum Gasteiger partial charge on any atom is 0.324 e. The van der Waals surface area contributed by atoms with E-state index in [-0.39, 0.29) is 24.0 Å². The van der Waals surface area contributed by atoms with Crippen LogP contribution in [0.5, 0.6) is 5.75 Å². The number of nitrogens with zero attached hydrogens (tertiary/aromatic N) is 1. The molecule has 0 aliphatic rings. The Morgan fingerprint density at radius 3 is 2.35 bits per heavy atom. The minimum absolute atomic E-state index is 0.0104. The standard InChI is InChI=1S/C19H23NO5S/c1-6-8-14-25-16-9-11-17(12-10-16)26(22,23)20(13-7-2)18(15(3)4)19(21)24-5/h2,9-12,15,18H,13-14H2,1,3-5H3. The zero-order valence-corrected chi connectivity index (χ0v) is 16.2. The summed E-state index contributed by atoms with van der Waals surface area (Å²) in [6.45, 7) is 5.12. The number of hydrogen-bond donors (Lipinski definition) is 0. The van der Waals surface area contributed by atoms with Crippen LogP contribution in [0, 0.1) is 30.1 Å². The molecule has 0 radical (unpaired) electrons. The highest BCUT2D eigenvalue weighted by atomic mass is 32.2. The lowest BCUT2D eigenvalue weighted by atomic mass is 10.0. The number of sulfonamides is 1. The van der Waals surface area contributed by atoms with Gasteiger partial charge < -0.3 is 9.47 Å². The Bertz CT molecular complexity index is 810. The maximum absolute atomic E-state index is 13.0. The summed E-state index contributed by atoms with van der Waals surface area (Å²) < 4.78 is 37.2. The lowest BCUT2D eigenvalue weighted by Crippen LogP contribution is -2.48. The van der Waals surface area contributed by atoms with Crippen molar-refractivity contribution >= 4 is 16.0 Å². The molecule has 0 heterocycles. The third kappa shape index (κ3) is 5.26. The largest absolute Gasteiger partial charge is 0.481 e. The fourth-order valence-corrected chi connectivity index (χ4v) is 3.92. The van der Waals surface area contributed by atoms with Gasteiger partial charge in [-0.1, -0.05) is 25.7 Å². The molecule has 0 aromatic heterocycles. The molecule has 0 bridgehead atoms. The van der Waals surface area contributed by atoms with Crippen LogP contribution in [-0.4, -0.2) is 45.0 Å². The highest BCUT2D eigenvalue weighted by Crippen LogP contribution is 2.24. The molecule has 26 heavy (non-hydrogen) atoms. The van der Waals surface area contributed by atoms with Crippen LogP contribution in [0.3, 0.4) is 0 Å². The molecule has 1 rings (SSSR count). The van der Waals surface area contributed by atoms with Gasteiger partial charge in [0.15, 0.2) is 0 Å². The number of carbonyl (C=O) groups excluding carboxylic acids is 1. The van der Waals surface area contributed by atoms with Gasteiger partial charge in [-0.05, 0) is 37.1 Å². The molecule has 1 unspecified atom stereocenters. The second kappa shape index (κ2) is 9.86. The van der Waals surface area contributed by atoms with E-state index in [9.17, 15) is 13.2 Å². The molecule has 0 saturated carbocycles. The van der Waals surface area contributed by atoms with Gasteiger partial charge in [0.25, 0.3) is 0 Å². The molecule has 1 atom stereocenters. The summed E-state index contributed by atoms with van der Waals surface area (Å²) in [4.78, 5) is 12.1. The van der Waals surface area contributed by atoms with Gasteiger partial charge >= 0.3 is 5.97 Å². The second-order valence-corrected chi connectivity index (χ2v) is 7.54. The number of benzene rings is 1. The number of carbonyl (C=O) groups is 1. The van der Waals surface area contributed by atoms with Crippen molar-refractivity contribution < 1.29 is 22.7 Å². The van der Waals surface area contributed by atoms with Crippen molar-refractivity contribution in [3.63, 3.8) is 0 Å². The van der Waals surface area contributed by atoms with Crippen molar-refractivity contribution in [1.29, 1.82) is 0 Å². The van der Waals surface area contributed by atoms with Crippen LogP contribution >= 0.6 is 0 Å². The summed E-state index contributed by atoms with van der Waals surface area (Å²) >= 11 is 0. The summed E-state index contributed by atoms with van der Waals surface area (Å²) in [6, 6.07) is 4.85. The number of rotatable bonds is 8. The van der Waals surface area contributed by atoms with Crippen LogP contribution in [0.15, 0.2) is 29.2 Å². The van der Waals surface area contributed by atoms with Gasteiger partial charge in [-0.3, -0.25) is 4.79 Å². The minimum atomic E-state index is -4.00. The van der Waals surface area contributed by atoms with E-state index in [0.29, 0.717) is 5.75 Å². The third-order valence-corrected chi connectivity index (χ3v) is 5.39. The summed E-state index contributed by atoms with van der Waals surface area (Å²) in [6.07, 6.45) is 5.33. The van der Waals surface area contributed by atoms with Crippen molar-refractivity contribution in [2.75, 3.05) is 20.3 Å². The van der Waals surface area contributed by atoms with E-state index in [0.717, 1.165) is 4.31 Å². The van der Waals surface area contributed by atoms with Gasteiger partial charge in [-0.15, -0.1) is 12.3 Å². The van der Waals surface area contributed by atoms with Crippen LogP contribution in [0.4, 0.5) is 0 Å². The molecular formula is C19H23NO5S. The van der Waals surface area contributed by atoms with Gasteiger partial charge in [-0.2, -0.15) is 4.31 Å². The Balaban J connectivity index is 3.22. The molecule has 140 valence electrons. The SMILES string of the molecule is C#CCN(C(C(=O)OC)C(C)C)S(=O)(=O)c1ccc(OCC#CC)cc1. The zero-order valence-electron chi connectivity index (χ0n) is 15.4. The van der Waals surface area contributed by atoms with E-state index in [1.165, 1.54) is 31.4 Å². The quantitative estimate of drug-likeness (QED) is 0.511. The lowest BCUT2D eigenvalue weighted by Gasteiger charge is -2.30. The third-order valence-electron chi connectivity index (χ3n) is 3.55. The van der Waals surface area contributed by atoms with E-state index >= 15 is 0 Å². The smallest absolute Gasteiger partial charge is 0.324 e. The number of esters is 1. The molecule has 6 nitrogen and oxygen atoms in total. The first-order valence-corrected chi connectivity index (χ1v) is 9.39. The summed E-state index contributed by atoms with van der Waals surface area (Å²) in [5, 5.41) is 0. The predicted octanol–water partition coefficient (Wildman–Crippen LogP) is 1.91. The van der Waals surface area contributed by atoms with Crippen LogP contribution in [0.2, 0.25) is 0 Å². The van der Waals surface area contributed by atoms with E-state index in [1.54, 1.807) is 20.8 Å². The predicted molar refractivity (Wildman–Crippen MR) is 98.8 cm³/mol. The van der Waals surface area contributed by atoms with E-state index in [4.69, 9.17) is 15.9 Å². The van der Waals surface area contributed by atoms with E-state index in [2.05, 4.69) is 17.8 Å². The van der Waals surface area contributed by atoms with Crippen LogP contribution in [0.25, 0.3) is 0 Å². The number of ether oxygens (including phenoxy) is 2. The average molecular weight is 377 g/mol. The lowest BCUT2D eigenvalue weighted by molar-refractivity contribution is -0.146. The summed E-state index contributed by atoms with van der Waals surface area (Å²) in [5.41, 5.74) is 0. The molecule has 0 saturated heterocycles. The van der Waals surface area contributed by atoms with Gasteiger partial charge in [0.1, 0.15) is 18.4 Å². The molecule has 0 fully saturated rings. The topological polar surface area (TPSA) is 72.9 Å². The van der Waals surface area contributed by atoms with Gasteiger partial charge in [-0.25, -0.2) is 8.42 Å². The highest BCUT2D eigenvalue weighted by molar-refractivity contribution is 7.89. The first-order valence-electron chi connectivity index (χ1n) is 7.95. The van der Waals surface area contributed by atoms with Crippen molar-refractivity contribution in [3.05, 3.63) is 24.3 Å². The summed E-state index contributed by atoms with van der Waals surface area (Å²) in [5.74, 6) is 7.27. The zero-order chi connectivity index (χ0) is 19.7. The van der Waals surface area contributed by atoms with Crippen LogP contribution in [-0.2, 0) is 19.6 Å². The average Bonchev–Trinajstić information content (AvgIpc) is 2.61. The first kappa shape index (κ1) is 21.6. The van der Waals surface area contributed by atoms with Crippen LogP contribution < -0.4 is 4.74 Å². The minimum Gasteiger partial charge on any atom is -0.481 e. The van der Waals surface area contributed by atoms with E-state index < -0.39 is 22.0 Å². The molecule has 7 heteroatoms. The molecule has 0 aliphatic heterocycles. The fraction of sp³-hybridized carbons (Fsp3) is 0.421. The molecule has 0 amide bonds. The second-order valence-electron chi connectivity index (χ2n) is 5.65. The molecule has 0 N–H and O–H groups in total. The Hall–Kier alpha value is -2.48. The van der Waals surface area contributed by atoms with Gasteiger partial charge in [0.05, 0.1) is 18.6 Å². The Labute approximate surface area is 155 Å². The van der Waals surface area contributed by atoms with Gasteiger partial charge in [0, 0.05) is 0 Å². The number of terminal acetylenes is 1. The molecule has 0 aliphatic carbocycles. The van der Waals surface area contributed by atoms with Crippen molar-refractivity contribution in [3.8, 4) is 29.9 Å². The summed E-state index contributed by atoms with van der Waals surface area (Å²) in [7, 11) is -2.79. The Morgan fingerprint density at radius 2 is 1.88 bits per heavy atom. The van der Waals surface area contributed by atoms with E-state index in [1.807, 2.05) is 0 Å². The van der Waals surface area contributed by atoms with Crippen LogP contribution in [0.1, 0.15) is 20.8 Å². The highest BCUT2D eigenvalue weighted by Gasteiger charge is 2.38. The normalized spacial score (nSPS) is 12.0. The van der Waals surface area contributed by atoms with Crippen molar-refractivity contribution in [1.82, 2.24) is 4.31 Å². The number of hydrogen-bond acceptors (Lipinski definition) is 5. The van der Waals surface area contributed by atoms with Gasteiger partial charge in [0.2, 0.25) is 10.0 Å². The molecular weight excluding hydrogens is 354 g/mol. The molecule has 1 aromatic rings. The number of methoxy groups -OCH3 is 1.